The first-order valence-corrected chi connectivity index (χ1v) is 5.46. The monoisotopic (exact) mass is 235 g/mol. The maximum absolute atomic E-state index is 12.0. The first-order valence-electron chi connectivity index (χ1n) is 5.46. The van der Waals surface area contributed by atoms with Crippen LogP contribution in [0.15, 0.2) is 27.7 Å². The molecule has 0 unspecified atom stereocenters. The van der Waals surface area contributed by atoms with Crippen LogP contribution in [0, 0.1) is 0 Å². The van der Waals surface area contributed by atoms with Gasteiger partial charge in [-0.1, -0.05) is 0 Å². The van der Waals surface area contributed by atoms with E-state index >= 15 is 0 Å². The van der Waals surface area contributed by atoms with Gasteiger partial charge >= 0.3 is 5.97 Å². The molecule has 2 rings (SSSR count). The van der Waals surface area contributed by atoms with Crippen molar-refractivity contribution in [3.63, 3.8) is 0 Å². The van der Waals surface area contributed by atoms with Crippen molar-refractivity contribution in [3.05, 3.63) is 34.3 Å². The molecule has 0 radical (unpaired) electrons. The fourth-order valence-electron chi connectivity index (χ4n) is 1.70. The summed E-state index contributed by atoms with van der Waals surface area (Å²) in [6, 6.07) is 1.56. The Morgan fingerprint density at radius 2 is 2.24 bits per heavy atom. The Hall–Kier alpha value is -2.04. The fourth-order valence-corrected chi connectivity index (χ4v) is 1.70. The lowest BCUT2D eigenvalue weighted by Crippen LogP contribution is -2.20. The Bertz CT molecular complexity index is 608. The lowest BCUT2D eigenvalue weighted by Gasteiger charge is -2.06. The Labute approximate surface area is 97.6 Å². The summed E-state index contributed by atoms with van der Waals surface area (Å²) in [6.45, 7) is 4.46. The highest BCUT2D eigenvalue weighted by atomic mass is 16.5. The highest BCUT2D eigenvalue weighted by Gasteiger charge is 2.17. The van der Waals surface area contributed by atoms with E-state index in [1.807, 2.05) is 6.92 Å². The summed E-state index contributed by atoms with van der Waals surface area (Å²) in [4.78, 5) is 23.6. The molecule has 0 aliphatic carbocycles. The first kappa shape index (κ1) is 11.4. The number of fused-ring (bicyclic) bond motifs is 1. The van der Waals surface area contributed by atoms with Gasteiger partial charge in [0.15, 0.2) is 0 Å². The molecular weight excluding hydrogens is 222 g/mol. The van der Waals surface area contributed by atoms with Crippen molar-refractivity contribution in [2.24, 2.45) is 0 Å². The van der Waals surface area contributed by atoms with Crippen molar-refractivity contribution in [2.75, 3.05) is 6.61 Å². The minimum atomic E-state index is -0.595. The fraction of sp³-hybridized carbons (Fsp3) is 0.333. The molecule has 17 heavy (non-hydrogen) atoms. The van der Waals surface area contributed by atoms with Gasteiger partial charge in [0.1, 0.15) is 5.56 Å². The summed E-state index contributed by atoms with van der Waals surface area (Å²) < 4.78 is 11.8. The van der Waals surface area contributed by atoms with Crippen molar-refractivity contribution in [2.45, 2.75) is 20.4 Å². The molecule has 90 valence electrons. The summed E-state index contributed by atoms with van der Waals surface area (Å²) in [5.74, 6) is -0.595. The lowest BCUT2D eigenvalue weighted by molar-refractivity contribution is 0.0524. The molecule has 0 amide bonds. The number of hydrogen-bond acceptors (Lipinski definition) is 4. The largest absolute Gasteiger partial charge is 0.462 e. The molecule has 2 aromatic rings. The molecular formula is C12H13NO4. The molecule has 0 atom stereocenters. The van der Waals surface area contributed by atoms with Gasteiger partial charge in [0.2, 0.25) is 11.1 Å². The van der Waals surface area contributed by atoms with E-state index in [2.05, 4.69) is 0 Å². The van der Waals surface area contributed by atoms with Gasteiger partial charge in [-0.05, 0) is 19.9 Å². The number of rotatable bonds is 3. The quantitative estimate of drug-likeness (QED) is 0.761. The maximum atomic E-state index is 12.0. The maximum Gasteiger partial charge on any atom is 0.343 e. The van der Waals surface area contributed by atoms with E-state index in [9.17, 15) is 9.59 Å². The minimum absolute atomic E-state index is 0.0441. The zero-order valence-electron chi connectivity index (χ0n) is 9.73. The van der Waals surface area contributed by atoms with E-state index in [-0.39, 0.29) is 17.6 Å². The third-order valence-corrected chi connectivity index (χ3v) is 2.52. The number of aromatic nitrogens is 1. The van der Waals surface area contributed by atoms with E-state index in [4.69, 9.17) is 9.15 Å². The Morgan fingerprint density at radius 1 is 1.47 bits per heavy atom. The molecule has 0 fully saturated rings. The zero-order chi connectivity index (χ0) is 12.4. The van der Waals surface area contributed by atoms with Gasteiger partial charge in [-0.2, -0.15) is 0 Å². The standard InChI is InChI=1S/C12H13NO4/c1-3-13-7-9(12(15)16-4-2)10(14)8-5-6-17-11(8)13/h5-7H,3-4H2,1-2H3. The Morgan fingerprint density at radius 3 is 2.88 bits per heavy atom. The number of esters is 1. The number of pyridine rings is 1. The molecule has 0 spiro atoms. The first-order chi connectivity index (χ1) is 8.19. The lowest BCUT2D eigenvalue weighted by atomic mass is 10.2. The molecule has 0 aliphatic rings. The molecule has 0 saturated carbocycles. The number of ether oxygens (including phenoxy) is 1. The van der Waals surface area contributed by atoms with Crippen LogP contribution < -0.4 is 5.43 Å². The van der Waals surface area contributed by atoms with Crippen LogP contribution in [0.5, 0.6) is 0 Å². The topological polar surface area (TPSA) is 61.4 Å². The molecule has 0 saturated heterocycles. The summed E-state index contributed by atoms with van der Waals surface area (Å²) in [7, 11) is 0. The van der Waals surface area contributed by atoms with Gasteiger partial charge in [0.25, 0.3) is 0 Å². The Balaban J connectivity index is 2.68. The van der Waals surface area contributed by atoms with E-state index in [1.165, 1.54) is 12.5 Å². The van der Waals surface area contributed by atoms with Crippen molar-refractivity contribution in [3.8, 4) is 0 Å². The van der Waals surface area contributed by atoms with E-state index in [1.54, 1.807) is 17.6 Å². The second-order valence-electron chi connectivity index (χ2n) is 3.52. The second kappa shape index (κ2) is 4.45. The number of carbonyl (C=O) groups excluding carboxylic acids is 1. The number of aryl methyl sites for hydroxylation is 1. The highest BCUT2D eigenvalue weighted by molar-refractivity contribution is 5.92. The van der Waals surface area contributed by atoms with Gasteiger partial charge in [-0.3, -0.25) is 4.79 Å². The highest BCUT2D eigenvalue weighted by Crippen LogP contribution is 2.13. The predicted octanol–water partition coefficient (Wildman–Crippen LogP) is 1.79. The van der Waals surface area contributed by atoms with Crippen LogP contribution in [-0.2, 0) is 11.3 Å². The van der Waals surface area contributed by atoms with Crippen molar-refractivity contribution in [1.29, 1.82) is 0 Å². The summed E-state index contributed by atoms with van der Waals surface area (Å²) >= 11 is 0. The molecule has 2 aromatic heterocycles. The predicted molar refractivity (Wildman–Crippen MR) is 62.1 cm³/mol. The van der Waals surface area contributed by atoms with Crippen LogP contribution >= 0.6 is 0 Å². The van der Waals surface area contributed by atoms with Crippen LogP contribution in [-0.4, -0.2) is 17.1 Å². The molecule has 0 aliphatic heterocycles. The number of nitrogens with zero attached hydrogens (tertiary/aromatic N) is 1. The zero-order valence-corrected chi connectivity index (χ0v) is 9.73. The van der Waals surface area contributed by atoms with E-state index in [0.717, 1.165) is 0 Å². The molecule has 0 aromatic carbocycles. The van der Waals surface area contributed by atoms with Crippen molar-refractivity contribution in [1.82, 2.24) is 4.57 Å². The van der Waals surface area contributed by atoms with Crippen LogP contribution in [0.4, 0.5) is 0 Å². The van der Waals surface area contributed by atoms with Gasteiger partial charge in [0.05, 0.1) is 18.3 Å². The molecule has 5 nitrogen and oxygen atoms in total. The van der Waals surface area contributed by atoms with Crippen LogP contribution in [0.2, 0.25) is 0 Å². The van der Waals surface area contributed by atoms with Crippen molar-refractivity contribution < 1.29 is 13.9 Å². The average molecular weight is 235 g/mol. The van der Waals surface area contributed by atoms with E-state index < -0.39 is 5.97 Å². The average Bonchev–Trinajstić information content (AvgIpc) is 2.79. The third-order valence-electron chi connectivity index (χ3n) is 2.52. The molecule has 0 N–H and O–H groups in total. The number of carbonyl (C=O) groups is 1. The van der Waals surface area contributed by atoms with Crippen LogP contribution in [0.3, 0.4) is 0 Å². The normalized spacial score (nSPS) is 10.7. The van der Waals surface area contributed by atoms with E-state index in [0.29, 0.717) is 17.6 Å². The summed E-state index contributed by atoms with van der Waals surface area (Å²) in [5.41, 5.74) is 0.171. The smallest absolute Gasteiger partial charge is 0.343 e. The molecule has 2 heterocycles. The SMILES string of the molecule is CCOC(=O)c1cn(CC)c2occc2c1=O. The van der Waals surface area contributed by atoms with Gasteiger partial charge in [-0.15, -0.1) is 0 Å². The summed E-state index contributed by atoms with van der Waals surface area (Å²) in [6.07, 6.45) is 2.92. The van der Waals surface area contributed by atoms with Crippen LogP contribution in [0.25, 0.3) is 11.1 Å². The Kier molecular flexibility index (Phi) is 2.99. The second-order valence-corrected chi connectivity index (χ2v) is 3.52. The summed E-state index contributed by atoms with van der Waals surface area (Å²) in [5, 5.41) is 0.400. The number of hydrogen-bond donors (Lipinski definition) is 0. The van der Waals surface area contributed by atoms with Gasteiger partial charge in [0, 0.05) is 12.7 Å². The van der Waals surface area contributed by atoms with Crippen LogP contribution in [0.1, 0.15) is 24.2 Å². The third kappa shape index (κ3) is 1.84. The van der Waals surface area contributed by atoms with Gasteiger partial charge < -0.3 is 13.7 Å². The minimum Gasteiger partial charge on any atom is -0.462 e. The number of furan rings is 1. The van der Waals surface area contributed by atoms with Crippen molar-refractivity contribution >= 4 is 17.1 Å². The molecule has 5 heteroatoms. The molecule has 0 bridgehead atoms. The van der Waals surface area contributed by atoms with Gasteiger partial charge in [-0.25, -0.2) is 4.79 Å².